The third kappa shape index (κ3) is 4.55. The number of hydrogen-bond acceptors (Lipinski definition) is 4. The SMILES string of the molecule is CCCCCOC(=O)C1CCN(C(=O)OC)CC1. The zero-order valence-electron chi connectivity index (χ0n) is 11.3. The molecule has 0 aromatic carbocycles. The van der Waals surface area contributed by atoms with Gasteiger partial charge in [0, 0.05) is 13.1 Å². The van der Waals surface area contributed by atoms with Gasteiger partial charge in [-0.1, -0.05) is 19.8 Å². The third-order valence-electron chi connectivity index (χ3n) is 3.25. The second-order valence-corrected chi connectivity index (χ2v) is 4.61. The molecule has 0 atom stereocenters. The fourth-order valence-corrected chi connectivity index (χ4v) is 2.07. The van der Waals surface area contributed by atoms with Gasteiger partial charge < -0.3 is 14.4 Å². The number of methoxy groups -OCH3 is 1. The predicted molar refractivity (Wildman–Crippen MR) is 67.2 cm³/mol. The third-order valence-corrected chi connectivity index (χ3v) is 3.25. The molecule has 1 aliphatic heterocycles. The van der Waals surface area contributed by atoms with Crippen LogP contribution >= 0.6 is 0 Å². The molecule has 0 aliphatic carbocycles. The molecule has 1 rings (SSSR count). The minimum Gasteiger partial charge on any atom is -0.465 e. The number of rotatable bonds is 5. The van der Waals surface area contributed by atoms with E-state index in [0.29, 0.717) is 32.5 Å². The van der Waals surface area contributed by atoms with E-state index < -0.39 is 0 Å². The topological polar surface area (TPSA) is 55.8 Å². The van der Waals surface area contributed by atoms with Gasteiger partial charge in [-0.15, -0.1) is 0 Å². The van der Waals surface area contributed by atoms with E-state index in [0.717, 1.165) is 19.3 Å². The molecule has 0 radical (unpaired) electrons. The summed E-state index contributed by atoms with van der Waals surface area (Å²) in [6.07, 6.45) is 4.17. The van der Waals surface area contributed by atoms with Gasteiger partial charge in [-0.25, -0.2) is 4.79 Å². The van der Waals surface area contributed by atoms with Gasteiger partial charge in [0.05, 0.1) is 19.6 Å². The van der Waals surface area contributed by atoms with Crippen molar-refractivity contribution < 1.29 is 19.1 Å². The number of hydrogen-bond donors (Lipinski definition) is 0. The molecular weight excluding hydrogens is 234 g/mol. The summed E-state index contributed by atoms with van der Waals surface area (Å²) in [5.41, 5.74) is 0. The van der Waals surface area contributed by atoms with E-state index in [1.54, 1.807) is 4.90 Å². The van der Waals surface area contributed by atoms with E-state index in [1.165, 1.54) is 7.11 Å². The summed E-state index contributed by atoms with van der Waals surface area (Å²) in [5.74, 6) is -0.178. The zero-order chi connectivity index (χ0) is 13.4. The Bertz CT molecular complexity index is 272. The number of amides is 1. The molecule has 0 aromatic heterocycles. The van der Waals surface area contributed by atoms with Gasteiger partial charge in [-0.3, -0.25) is 4.79 Å². The van der Waals surface area contributed by atoms with Crippen LogP contribution in [0.4, 0.5) is 4.79 Å². The van der Waals surface area contributed by atoms with Crippen LogP contribution in [0.5, 0.6) is 0 Å². The fourth-order valence-electron chi connectivity index (χ4n) is 2.07. The first kappa shape index (κ1) is 14.8. The zero-order valence-corrected chi connectivity index (χ0v) is 11.3. The number of piperidine rings is 1. The van der Waals surface area contributed by atoms with Crippen LogP contribution < -0.4 is 0 Å². The molecule has 1 aliphatic rings. The van der Waals surface area contributed by atoms with E-state index in [-0.39, 0.29) is 18.0 Å². The Balaban J connectivity index is 2.21. The van der Waals surface area contributed by atoms with Gasteiger partial charge in [0.15, 0.2) is 0 Å². The predicted octanol–water partition coefficient (Wildman–Crippen LogP) is 2.20. The fraction of sp³-hybridized carbons (Fsp3) is 0.846. The standard InChI is InChI=1S/C13H23NO4/c1-3-4-5-10-18-12(15)11-6-8-14(9-7-11)13(16)17-2/h11H,3-10H2,1-2H3. The number of carbonyl (C=O) groups excluding carboxylic acids is 2. The van der Waals surface area contributed by atoms with Crippen LogP contribution in [0.2, 0.25) is 0 Å². The lowest BCUT2D eigenvalue weighted by Gasteiger charge is -2.29. The number of esters is 1. The maximum atomic E-state index is 11.8. The highest BCUT2D eigenvalue weighted by molar-refractivity contribution is 5.73. The molecule has 5 heteroatoms. The van der Waals surface area contributed by atoms with Crippen LogP contribution in [0.15, 0.2) is 0 Å². The van der Waals surface area contributed by atoms with E-state index in [4.69, 9.17) is 4.74 Å². The molecule has 1 fully saturated rings. The molecular formula is C13H23NO4. The number of ether oxygens (including phenoxy) is 2. The monoisotopic (exact) mass is 257 g/mol. The molecule has 0 N–H and O–H groups in total. The van der Waals surface area contributed by atoms with Gasteiger partial charge in [-0.05, 0) is 19.3 Å². The van der Waals surface area contributed by atoms with Crippen LogP contribution in [0.25, 0.3) is 0 Å². The average Bonchev–Trinajstić information content (AvgIpc) is 2.42. The Morgan fingerprint density at radius 3 is 2.44 bits per heavy atom. The summed E-state index contributed by atoms with van der Waals surface area (Å²) < 4.78 is 9.88. The van der Waals surface area contributed by atoms with Crippen molar-refractivity contribution in [3.05, 3.63) is 0 Å². The number of unbranched alkanes of at least 4 members (excludes halogenated alkanes) is 2. The Morgan fingerprint density at radius 2 is 1.89 bits per heavy atom. The van der Waals surface area contributed by atoms with Crippen molar-refractivity contribution in [2.45, 2.75) is 39.0 Å². The van der Waals surface area contributed by atoms with Gasteiger partial charge in [0.1, 0.15) is 0 Å². The summed E-state index contributed by atoms with van der Waals surface area (Å²) in [4.78, 5) is 24.7. The van der Waals surface area contributed by atoms with E-state index >= 15 is 0 Å². The van der Waals surface area contributed by atoms with Gasteiger partial charge in [0.2, 0.25) is 0 Å². The smallest absolute Gasteiger partial charge is 0.409 e. The molecule has 0 unspecified atom stereocenters. The van der Waals surface area contributed by atoms with Crippen LogP contribution in [-0.2, 0) is 14.3 Å². The summed E-state index contributed by atoms with van der Waals surface area (Å²) in [6.45, 7) is 3.77. The van der Waals surface area contributed by atoms with E-state index in [9.17, 15) is 9.59 Å². The molecule has 18 heavy (non-hydrogen) atoms. The van der Waals surface area contributed by atoms with Crippen molar-refractivity contribution >= 4 is 12.1 Å². The average molecular weight is 257 g/mol. The lowest BCUT2D eigenvalue weighted by molar-refractivity contribution is -0.150. The molecule has 0 spiro atoms. The van der Waals surface area contributed by atoms with Crippen molar-refractivity contribution in [3.8, 4) is 0 Å². The first-order chi connectivity index (χ1) is 8.69. The second kappa shape index (κ2) is 7.95. The summed E-state index contributed by atoms with van der Waals surface area (Å²) >= 11 is 0. The van der Waals surface area contributed by atoms with Crippen molar-refractivity contribution in [1.29, 1.82) is 0 Å². The Hall–Kier alpha value is -1.26. The second-order valence-electron chi connectivity index (χ2n) is 4.61. The highest BCUT2D eigenvalue weighted by atomic mass is 16.5. The van der Waals surface area contributed by atoms with E-state index in [1.807, 2.05) is 0 Å². The quantitative estimate of drug-likeness (QED) is 0.559. The molecule has 0 saturated carbocycles. The largest absolute Gasteiger partial charge is 0.465 e. The van der Waals surface area contributed by atoms with Crippen molar-refractivity contribution in [2.75, 3.05) is 26.8 Å². The van der Waals surface area contributed by atoms with Gasteiger partial charge in [0.25, 0.3) is 0 Å². The Labute approximate surface area is 108 Å². The maximum absolute atomic E-state index is 11.8. The molecule has 1 amide bonds. The lowest BCUT2D eigenvalue weighted by atomic mass is 9.97. The highest BCUT2D eigenvalue weighted by Crippen LogP contribution is 2.19. The minimum absolute atomic E-state index is 0.0625. The van der Waals surface area contributed by atoms with Crippen molar-refractivity contribution in [1.82, 2.24) is 4.90 Å². The Morgan fingerprint density at radius 1 is 1.22 bits per heavy atom. The molecule has 1 heterocycles. The summed E-state index contributed by atoms with van der Waals surface area (Å²) in [5, 5.41) is 0. The van der Waals surface area contributed by atoms with Crippen LogP contribution in [0, 0.1) is 5.92 Å². The van der Waals surface area contributed by atoms with Crippen LogP contribution in [-0.4, -0.2) is 43.8 Å². The lowest BCUT2D eigenvalue weighted by Crippen LogP contribution is -2.40. The Kier molecular flexibility index (Phi) is 6.54. The minimum atomic E-state index is -0.315. The first-order valence-corrected chi connectivity index (χ1v) is 6.68. The van der Waals surface area contributed by atoms with Crippen molar-refractivity contribution in [3.63, 3.8) is 0 Å². The van der Waals surface area contributed by atoms with Gasteiger partial charge >= 0.3 is 12.1 Å². The van der Waals surface area contributed by atoms with Crippen LogP contribution in [0.3, 0.4) is 0 Å². The van der Waals surface area contributed by atoms with Gasteiger partial charge in [-0.2, -0.15) is 0 Å². The first-order valence-electron chi connectivity index (χ1n) is 6.68. The molecule has 104 valence electrons. The molecule has 0 bridgehead atoms. The highest BCUT2D eigenvalue weighted by Gasteiger charge is 2.28. The van der Waals surface area contributed by atoms with E-state index in [2.05, 4.69) is 11.7 Å². The normalized spacial score (nSPS) is 16.4. The molecule has 0 aromatic rings. The molecule has 5 nitrogen and oxygen atoms in total. The summed E-state index contributed by atoms with van der Waals surface area (Å²) in [7, 11) is 1.37. The van der Waals surface area contributed by atoms with Crippen molar-refractivity contribution in [2.24, 2.45) is 5.92 Å². The number of carbonyl (C=O) groups is 2. The number of likely N-dealkylation sites (tertiary alicyclic amines) is 1. The van der Waals surface area contributed by atoms with Crippen LogP contribution in [0.1, 0.15) is 39.0 Å². The molecule has 1 saturated heterocycles. The maximum Gasteiger partial charge on any atom is 0.409 e. The number of nitrogens with zero attached hydrogens (tertiary/aromatic N) is 1. The summed E-state index contributed by atoms with van der Waals surface area (Å²) in [6, 6.07) is 0.